The van der Waals surface area contributed by atoms with E-state index in [4.69, 9.17) is 4.52 Å². The van der Waals surface area contributed by atoms with Gasteiger partial charge in [-0.1, -0.05) is 32.9 Å². The molecular formula is C15H21N5O3. The monoisotopic (exact) mass is 319 g/mol. The summed E-state index contributed by atoms with van der Waals surface area (Å²) in [4.78, 5) is 27.9. The third-order valence-corrected chi connectivity index (χ3v) is 3.05. The number of carbonyl (C=O) groups excluding carboxylic acids is 1. The van der Waals surface area contributed by atoms with Crippen molar-refractivity contribution in [3.63, 3.8) is 0 Å². The molecule has 0 bridgehead atoms. The maximum absolute atomic E-state index is 11.8. The Morgan fingerprint density at radius 2 is 2.09 bits per heavy atom. The standard InChI is InChI=1S/C15H21N5O3/c1-5-8-16-11(21)9-20-12(22)7-6-10(18-20)13-17-14(19-23-13)15(2,3)4/h6-7H,5,8-9H2,1-4H3,(H,16,21). The SMILES string of the molecule is CCCNC(=O)Cn1nc(-c2nc(C(C)(C)C)no2)ccc1=O. The summed E-state index contributed by atoms with van der Waals surface area (Å²) in [6.45, 7) is 8.27. The Morgan fingerprint density at radius 3 is 2.70 bits per heavy atom. The number of nitrogens with zero attached hydrogens (tertiary/aromatic N) is 4. The zero-order valence-electron chi connectivity index (χ0n) is 13.8. The van der Waals surface area contributed by atoms with E-state index in [1.165, 1.54) is 12.1 Å². The molecule has 0 saturated heterocycles. The Balaban J connectivity index is 2.25. The summed E-state index contributed by atoms with van der Waals surface area (Å²) in [5.41, 5.74) is -0.261. The van der Waals surface area contributed by atoms with Crippen molar-refractivity contribution >= 4 is 5.91 Å². The number of hydrogen-bond donors (Lipinski definition) is 1. The van der Waals surface area contributed by atoms with Gasteiger partial charge in [-0.3, -0.25) is 9.59 Å². The second-order valence-electron chi connectivity index (χ2n) is 6.24. The molecule has 8 nitrogen and oxygen atoms in total. The number of hydrogen-bond acceptors (Lipinski definition) is 6. The van der Waals surface area contributed by atoms with Crippen molar-refractivity contribution in [2.24, 2.45) is 0 Å². The van der Waals surface area contributed by atoms with Crippen LogP contribution in [0.3, 0.4) is 0 Å². The zero-order chi connectivity index (χ0) is 17.0. The molecular weight excluding hydrogens is 298 g/mol. The molecule has 0 aromatic carbocycles. The largest absolute Gasteiger partial charge is 0.355 e. The molecule has 1 amide bonds. The van der Waals surface area contributed by atoms with Gasteiger partial charge in [0, 0.05) is 18.0 Å². The van der Waals surface area contributed by atoms with Crippen molar-refractivity contribution in [2.75, 3.05) is 6.54 Å². The fraction of sp³-hybridized carbons (Fsp3) is 0.533. The summed E-state index contributed by atoms with van der Waals surface area (Å²) in [7, 11) is 0. The van der Waals surface area contributed by atoms with E-state index < -0.39 is 0 Å². The van der Waals surface area contributed by atoms with Crippen molar-refractivity contribution in [3.8, 4) is 11.6 Å². The number of nitrogens with one attached hydrogen (secondary N) is 1. The van der Waals surface area contributed by atoms with Crippen molar-refractivity contribution in [3.05, 3.63) is 28.3 Å². The van der Waals surface area contributed by atoms with E-state index in [2.05, 4.69) is 20.6 Å². The van der Waals surface area contributed by atoms with Gasteiger partial charge in [-0.25, -0.2) is 4.68 Å². The van der Waals surface area contributed by atoms with Crippen LogP contribution >= 0.6 is 0 Å². The highest BCUT2D eigenvalue weighted by atomic mass is 16.5. The molecule has 0 radical (unpaired) electrons. The molecule has 2 aromatic heterocycles. The quantitative estimate of drug-likeness (QED) is 0.885. The normalized spacial score (nSPS) is 11.5. The average Bonchev–Trinajstić information content (AvgIpc) is 2.97. The summed E-state index contributed by atoms with van der Waals surface area (Å²) in [5.74, 6) is 0.505. The maximum atomic E-state index is 11.8. The molecule has 0 spiro atoms. The van der Waals surface area contributed by atoms with E-state index in [0.717, 1.165) is 11.1 Å². The summed E-state index contributed by atoms with van der Waals surface area (Å²) < 4.78 is 6.29. The van der Waals surface area contributed by atoms with Crippen LogP contribution in [-0.4, -0.2) is 32.4 Å². The molecule has 2 heterocycles. The second kappa shape index (κ2) is 6.72. The molecule has 0 aliphatic heterocycles. The minimum Gasteiger partial charge on any atom is -0.355 e. The maximum Gasteiger partial charge on any atom is 0.278 e. The fourth-order valence-corrected chi connectivity index (χ4v) is 1.76. The first-order valence-electron chi connectivity index (χ1n) is 7.50. The van der Waals surface area contributed by atoms with E-state index in [1.54, 1.807) is 0 Å². The van der Waals surface area contributed by atoms with E-state index in [0.29, 0.717) is 18.1 Å². The van der Waals surface area contributed by atoms with E-state index >= 15 is 0 Å². The lowest BCUT2D eigenvalue weighted by Gasteiger charge is -2.10. The molecule has 23 heavy (non-hydrogen) atoms. The van der Waals surface area contributed by atoms with Gasteiger partial charge in [-0.2, -0.15) is 10.1 Å². The van der Waals surface area contributed by atoms with Crippen LogP contribution in [0, 0.1) is 0 Å². The van der Waals surface area contributed by atoms with Crippen LogP contribution in [0.1, 0.15) is 39.9 Å². The number of aromatic nitrogens is 4. The van der Waals surface area contributed by atoms with Gasteiger partial charge in [0.15, 0.2) is 5.82 Å². The lowest BCUT2D eigenvalue weighted by atomic mass is 9.96. The van der Waals surface area contributed by atoms with Crippen LogP contribution in [0.4, 0.5) is 0 Å². The van der Waals surface area contributed by atoms with Crippen molar-refractivity contribution in [1.82, 2.24) is 25.2 Å². The summed E-state index contributed by atoms with van der Waals surface area (Å²) in [6, 6.07) is 2.83. The predicted octanol–water partition coefficient (Wildman–Crippen LogP) is 1.12. The van der Waals surface area contributed by atoms with Gasteiger partial charge in [0.05, 0.1) is 0 Å². The minimum atomic E-state index is -0.365. The first-order chi connectivity index (χ1) is 10.8. The van der Waals surface area contributed by atoms with Crippen molar-refractivity contribution in [2.45, 2.75) is 46.1 Å². The van der Waals surface area contributed by atoms with Gasteiger partial charge in [0.1, 0.15) is 12.2 Å². The van der Waals surface area contributed by atoms with Crippen molar-refractivity contribution in [1.29, 1.82) is 0 Å². The first-order valence-corrected chi connectivity index (χ1v) is 7.50. The van der Waals surface area contributed by atoms with Gasteiger partial charge >= 0.3 is 0 Å². The van der Waals surface area contributed by atoms with Crippen LogP contribution in [0.2, 0.25) is 0 Å². The van der Waals surface area contributed by atoms with Crippen LogP contribution in [0.5, 0.6) is 0 Å². The summed E-state index contributed by atoms with van der Waals surface area (Å²) in [6.07, 6.45) is 0.825. The van der Waals surface area contributed by atoms with Gasteiger partial charge in [0.2, 0.25) is 5.91 Å². The molecule has 0 aliphatic rings. The lowest BCUT2D eigenvalue weighted by Crippen LogP contribution is -2.33. The zero-order valence-corrected chi connectivity index (χ0v) is 13.8. The molecule has 1 N–H and O–H groups in total. The van der Waals surface area contributed by atoms with Crippen LogP contribution in [-0.2, 0) is 16.8 Å². The molecule has 2 aromatic rings. The topological polar surface area (TPSA) is 103 Å². The highest BCUT2D eigenvalue weighted by molar-refractivity contribution is 5.75. The predicted molar refractivity (Wildman–Crippen MR) is 83.8 cm³/mol. The molecule has 8 heteroatoms. The Labute approximate surface area is 133 Å². The van der Waals surface area contributed by atoms with Crippen LogP contribution in [0.15, 0.2) is 21.5 Å². The highest BCUT2D eigenvalue weighted by Gasteiger charge is 2.22. The first kappa shape index (κ1) is 16.9. The number of carbonyl (C=O) groups is 1. The van der Waals surface area contributed by atoms with E-state index in [-0.39, 0.29) is 29.3 Å². The molecule has 0 saturated carbocycles. The molecule has 0 fully saturated rings. The Hall–Kier alpha value is -2.51. The smallest absolute Gasteiger partial charge is 0.278 e. The highest BCUT2D eigenvalue weighted by Crippen LogP contribution is 2.21. The van der Waals surface area contributed by atoms with Gasteiger partial charge < -0.3 is 9.84 Å². The van der Waals surface area contributed by atoms with Crippen LogP contribution in [0.25, 0.3) is 11.6 Å². The third-order valence-electron chi connectivity index (χ3n) is 3.05. The Bertz CT molecular complexity index is 742. The molecule has 0 unspecified atom stereocenters. The Morgan fingerprint density at radius 1 is 1.35 bits per heavy atom. The van der Waals surface area contributed by atoms with Gasteiger partial charge in [-0.15, -0.1) is 0 Å². The summed E-state index contributed by atoms with van der Waals surface area (Å²) in [5, 5.41) is 10.8. The van der Waals surface area contributed by atoms with Crippen molar-refractivity contribution < 1.29 is 9.32 Å². The third kappa shape index (κ3) is 4.24. The molecule has 0 atom stereocenters. The van der Waals surface area contributed by atoms with Gasteiger partial charge in [0.25, 0.3) is 11.4 Å². The second-order valence-corrected chi connectivity index (χ2v) is 6.24. The lowest BCUT2D eigenvalue weighted by molar-refractivity contribution is -0.121. The van der Waals surface area contributed by atoms with E-state index in [1.807, 2.05) is 27.7 Å². The van der Waals surface area contributed by atoms with Gasteiger partial charge in [-0.05, 0) is 12.5 Å². The number of rotatable bonds is 5. The van der Waals surface area contributed by atoms with Crippen LogP contribution < -0.4 is 10.9 Å². The summed E-state index contributed by atoms with van der Waals surface area (Å²) >= 11 is 0. The molecule has 124 valence electrons. The molecule has 0 aliphatic carbocycles. The average molecular weight is 319 g/mol. The van der Waals surface area contributed by atoms with E-state index in [9.17, 15) is 9.59 Å². The minimum absolute atomic E-state index is 0.146. The molecule has 2 rings (SSSR count). The Kier molecular flexibility index (Phi) is 4.92. The fourth-order valence-electron chi connectivity index (χ4n) is 1.76. The number of amides is 1.